The van der Waals surface area contributed by atoms with Crippen molar-refractivity contribution >= 4 is 28.7 Å². The number of nitrogens with zero attached hydrogens (tertiary/aromatic N) is 5. The highest BCUT2D eigenvalue weighted by molar-refractivity contribution is 6.31. The number of pyridine rings is 1. The van der Waals surface area contributed by atoms with Crippen molar-refractivity contribution in [1.29, 1.82) is 0 Å². The van der Waals surface area contributed by atoms with E-state index in [1.807, 2.05) is 0 Å². The molecular formula is C12H10ClN5O3. The van der Waals surface area contributed by atoms with Crippen molar-refractivity contribution in [1.82, 2.24) is 24.5 Å². The molecule has 21 heavy (non-hydrogen) atoms. The van der Waals surface area contributed by atoms with Crippen LogP contribution in [0.2, 0.25) is 5.15 Å². The molecule has 3 aromatic rings. The zero-order valence-electron chi connectivity index (χ0n) is 11.1. The highest BCUT2D eigenvalue weighted by atomic mass is 35.5. The summed E-state index contributed by atoms with van der Waals surface area (Å²) in [6.45, 7) is 0. The number of aromatic nitrogens is 5. The lowest BCUT2D eigenvalue weighted by atomic mass is 10.2. The van der Waals surface area contributed by atoms with Crippen LogP contribution in [-0.4, -0.2) is 42.9 Å². The van der Waals surface area contributed by atoms with E-state index in [1.54, 1.807) is 24.1 Å². The molecule has 0 saturated heterocycles. The van der Waals surface area contributed by atoms with Gasteiger partial charge in [-0.1, -0.05) is 11.6 Å². The molecule has 108 valence electrons. The summed E-state index contributed by atoms with van der Waals surface area (Å²) in [4.78, 5) is 15.5. The fourth-order valence-electron chi connectivity index (χ4n) is 2.03. The summed E-state index contributed by atoms with van der Waals surface area (Å²) in [5.41, 5.74) is 1.71. The second-order valence-electron chi connectivity index (χ2n) is 4.29. The Labute approximate surface area is 123 Å². The molecule has 9 heteroatoms. The molecule has 1 N–H and O–H groups in total. The molecule has 3 rings (SSSR count). The molecule has 8 nitrogen and oxygen atoms in total. The van der Waals surface area contributed by atoms with E-state index in [9.17, 15) is 9.90 Å². The van der Waals surface area contributed by atoms with Crippen LogP contribution in [0, 0.1) is 0 Å². The molecule has 3 aromatic heterocycles. The third-order valence-corrected chi connectivity index (χ3v) is 3.23. The second kappa shape index (κ2) is 4.74. The largest absolute Gasteiger partial charge is 0.493 e. The predicted octanol–water partition coefficient (Wildman–Crippen LogP) is 2.02. The van der Waals surface area contributed by atoms with Crippen LogP contribution >= 0.6 is 11.6 Å². The lowest BCUT2D eigenvalue weighted by Crippen LogP contribution is -2.09. The summed E-state index contributed by atoms with van der Waals surface area (Å²) in [5.74, 6) is 0.282. The molecule has 0 bridgehead atoms. The van der Waals surface area contributed by atoms with Crippen LogP contribution in [-0.2, 0) is 7.05 Å². The minimum absolute atomic E-state index is 0.139. The maximum atomic E-state index is 11.3. The van der Waals surface area contributed by atoms with E-state index >= 15 is 0 Å². The Balaban J connectivity index is 2.35. The molecule has 3 heterocycles. The third kappa shape index (κ3) is 2.09. The van der Waals surface area contributed by atoms with Crippen molar-refractivity contribution < 1.29 is 14.6 Å². The van der Waals surface area contributed by atoms with Gasteiger partial charge in [0.2, 0.25) is 0 Å². The summed E-state index contributed by atoms with van der Waals surface area (Å²) in [5, 5.41) is 17.5. The Morgan fingerprint density at radius 2 is 2.24 bits per heavy atom. The summed E-state index contributed by atoms with van der Waals surface area (Å²) in [6.07, 6.45) is 2.07. The average Bonchev–Trinajstić information content (AvgIpc) is 3.01. The SMILES string of the molecule is COc1cc2c(nc1Cl)c(-c1cnn(C)c1)nn2C(=O)O. The number of carboxylic acid groups (broad SMARTS) is 1. The van der Waals surface area contributed by atoms with E-state index in [-0.39, 0.29) is 10.9 Å². The summed E-state index contributed by atoms with van der Waals surface area (Å²) < 4.78 is 7.49. The minimum atomic E-state index is -1.22. The molecule has 0 aliphatic rings. The Bertz CT molecular complexity index is 854. The molecule has 0 amide bonds. The van der Waals surface area contributed by atoms with Crippen molar-refractivity contribution in [2.24, 2.45) is 7.05 Å². The van der Waals surface area contributed by atoms with Gasteiger partial charge in [-0.15, -0.1) is 0 Å². The molecule has 0 saturated carbocycles. The van der Waals surface area contributed by atoms with Gasteiger partial charge in [0.05, 0.1) is 13.3 Å². The number of ether oxygens (including phenoxy) is 1. The summed E-state index contributed by atoms with van der Waals surface area (Å²) in [6, 6.07) is 1.49. The number of fused-ring (bicyclic) bond motifs is 1. The van der Waals surface area contributed by atoms with Crippen molar-refractivity contribution in [3.63, 3.8) is 0 Å². The van der Waals surface area contributed by atoms with E-state index in [2.05, 4.69) is 15.2 Å². The van der Waals surface area contributed by atoms with Gasteiger partial charge < -0.3 is 9.84 Å². The maximum Gasteiger partial charge on any atom is 0.432 e. The van der Waals surface area contributed by atoms with Gasteiger partial charge in [0, 0.05) is 24.9 Å². The summed E-state index contributed by atoms with van der Waals surface area (Å²) >= 11 is 6.02. The fraction of sp³-hybridized carbons (Fsp3) is 0.167. The van der Waals surface area contributed by atoms with Gasteiger partial charge in [-0.3, -0.25) is 4.68 Å². The molecule has 0 aromatic carbocycles. The molecular weight excluding hydrogens is 298 g/mol. The van der Waals surface area contributed by atoms with Crippen LogP contribution in [0.4, 0.5) is 4.79 Å². The summed E-state index contributed by atoms with van der Waals surface area (Å²) in [7, 11) is 3.18. The van der Waals surface area contributed by atoms with Crippen LogP contribution in [0.1, 0.15) is 0 Å². The zero-order valence-corrected chi connectivity index (χ0v) is 11.9. The van der Waals surface area contributed by atoms with Gasteiger partial charge in [0.15, 0.2) is 10.9 Å². The van der Waals surface area contributed by atoms with Crippen molar-refractivity contribution in [2.45, 2.75) is 0 Å². The number of methoxy groups -OCH3 is 1. The predicted molar refractivity (Wildman–Crippen MR) is 74.7 cm³/mol. The number of rotatable bonds is 2. The first kappa shape index (κ1) is 13.4. The smallest absolute Gasteiger partial charge is 0.432 e. The molecule has 0 spiro atoms. The molecule has 0 radical (unpaired) electrons. The van der Waals surface area contributed by atoms with Crippen LogP contribution in [0.15, 0.2) is 18.5 Å². The van der Waals surface area contributed by atoms with Gasteiger partial charge in [-0.25, -0.2) is 9.78 Å². The number of halogens is 1. The average molecular weight is 308 g/mol. The van der Waals surface area contributed by atoms with E-state index in [4.69, 9.17) is 16.3 Å². The third-order valence-electron chi connectivity index (χ3n) is 2.96. The minimum Gasteiger partial charge on any atom is -0.493 e. The highest BCUT2D eigenvalue weighted by Crippen LogP contribution is 2.32. The number of hydrogen-bond donors (Lipinski definition) is 1. The van der Waals surface area contributed by atoms with Gasteiger partial charge in [-0.2, -0.15) is 14.9 Å². The first-order valence-electron chi connectivity index (χ1n) is 5.87. The van der Waals surface area contributed by atoms with Crippen LogP contribution in [0.25, 0.3) is 22.3 Å². The molecule has 0 fully saturated rings. The van der Waals surface area contributed by atoms with Gasteiger partial charge in [0.1, 0.15) is 16.7 Å². The van der Waals surface area contributed by atoms with Crippen LogP contribution in [0.3, 0.4) is 0 Å². The lowest BCUT2D eigenvalue weighted by Gasteiger charge is -2.02. The van der Waals surface area contributed by atoms with E-state index < -0.39 is 6.09 Å². The normalized spacial score (nSPS) is 11.0. The maximum absolute atomic E-state index is 11.3. The topological polar surface area (TPSA) is 95.1 Å². The van der Waals surface area contributed by atoms with Crippen LogP contribution < -0.4 is 4.74 Å². The molecule has 0 atom stereocenters. The standard InChI is InChI=1S/C12H10ClN5O3/c1-17-5-6(4-14-17)9-10-7(18(16-9)12(19)20)3-8(21-2)11(13)15-10/h3-5H,1-2H3,(H,19,20). The Morgan fingerprint density at radius 3 is 2.81 bits per heavy atom. The Hall–Kier alpha value is -2.61. The van der Waals surface area contributed by atoms with Gasteiger partial charge in [0.25, 0.3) is 0 Å². The number of aryl methyl sites for hydroxylation is 1. The first-order valence-corrected chi connectivity index (χ1v) is 6.24. The number of carbonyl (C=O) groups is 1. The van der Waals surface area contributed by atoms with Crippen molar-refractivity contribution in [3.8, 4) is 17.0 Å². The number of hydrogen-bond acceptors (Lipinski definition) is 5. The highest BCUT2D eigenvalue weighted by Gasteiger charge is 2.20. The molecule has 0 unspecified atom stereocenters. The quantitative estimate of drug-likeness (QED) is 0.728. The Morgan fingerprint density at radius 1 is 1.48 bits per heavy atom. The fourth-order valence-corrected chi connectivity index (χ4v) is 2.24. The van der Waals surface area contributed by atoms with Crippen molar-refractivity contribution in [3.05, 3.63) is 23.6 Å². The first-order chi connectivity index (χ1) is 10.0. The van der Waals surface area contributed by atoms with Crippen LogP contribution in [0.5, 0.6) is 5.75 Å². The second-order valence-corrected chi connectivity index (χ2v) is 4.65. The van der Waals surface area contributed by atoms with E-state index in [0.29, 0.717) is 22.3 Å². The van der Waals surface area contributed by atoms with E-state index in [0.717, 1.165) is 4.68 Å². The molecule has 0 aliphatic carbocycles. The monoisotopic (exact) mass is 307 g/mol. The zero-order chi connectivity index (χ0) is 15.1. The Kier molecular flexibility index (Phi) is 3.02. The van der Waals surface area contributed by atoms with Gasteiger partial charge in [-0.05, 0) is 0 Å². The molecule has 0 aliphatic heterocycles. The van der Waals surface area contributed by atoms with Crippen molar-refractivity contribution in [2.75, 3.05) is 7.11 Å². The van der Waals surface area contributed by atoms with E-state index in [1.165, 1.54) is 13.2 Å². The lowest BCUT2D eigenvalue weighted by molar-refractivity contribution is 0.194. The van der Waals surface area contributed by atoms with Gasteiger partial charge >= 0.3 is 6.09 Å².